The average Bonchev–Trinajstić information content (AvgIpc) is 2.62. The SMILES string of the molecule is Cc1ccc(C(Cl)c2cc(Br)c(C)s2)cc1Cl. The van der Waals surface area contributed by atoms with E-state index in [1.165, 1.54) is 4.88 Å². The first-order valence-electron chi connectivity index (χ1n) is 5.15. The minimum absolute atomic E-state index is 0.136. The van der Waals surface area contributed by atoms with E-state index in [9.17, 15) is 0 Å². The summed E-state index contributed by atoms with van der Waals surface area (Å²) in [6, 6.07) is 8.05. The number of alkyl halides is 1. The molecule has 0 fully saturated rings. The van der Waals surface area contributed by atoms with E-state index in [4.69, 9.17) is 23.2 Å². The average molecular weight is 350 g/mol. The second kappa shape index (κ2) is 5.31. The molecule has 17 heavy (non-hydrogen) atoms. The Morgan fingerprint density at radius 3 is 2.47 bits per heavy atom. The van der Waals surface area contributed by atoms with Crippen LogP contribution in [0, 0.1) is 13.8 Å². The van der Waals surface area contributed by atoms with Crippen LogP contribution >= 0.6 is 50.5 Å². The summed E-state index contributed by atoms with van der Waals surface area (Å²) in [7, 11) is 0. The fourth-order valence-electron chi connectivity index (χ4n) is 1.54. The van der Waals surface area contributed by atoms with Crippen molar-refractivity contribution in [2.45, 2.75) is 19.2 Å². The topological polar surface area (TPSA) is 0 Å². The van der Waals surface area contributed by atoms with Crippen LogP contribution in [0.1, 0.15) is 26.3 Å². The molecule has 0 spiro atoms. The first-order valence-corrected chi connectivity index (χ1v) is 7.57. The van der Waals surface area contributed by atoms with Crippen LogP contribution in [0.5, 0.6) is 0 Å². The molecule has 1 aromatic carbocycles. The Kier molecular flexibility index (Phi) is 4.19. The predicted octanol–water partition coefficient (Wildman–Crippen LogP) is 6.11. The summed E-state index contributed by atoms with van der Waals surface area (Å²) >= 11 is 17.8. The van der Waals surface area contributed by atoms with Gasteiger partial charge in [0.25, 0.3) is 0 Å². The lowest BCUT2D eigenvalue weighted by Gasteiger charge is -2.09. The number of rotatable bonds is 2. The monoisotopic (exact) mass is 348 g/mol. The van der Waals surface area contributed by atoms with Gasteiger partial charge < -0.3 is 0 Å². The van der Waals surface area contributed by atoms with E-state index in [-0.39, 0.29) is 5.38 Å². The molecule has 0 radical (unpaired) electrons. The summed E-state index contributed by atoms with van der Waals surface area (Å²) in [4.78, 5) is 2.37. The molecule has 0 saturated carbocycles. The smallest absolute Gasteiger partial charge is 0.0928 e. The van der Waals surface area contributed by atoms with E-state index >= 15 is 0 Å². The molecule has 0 aliphatic rings. The minimum Gasteiger partial charge on any atom is -0.143 e. The van der Waals surface area contributed by atoms with Gasteiger partial charge >= 0.3 is 0 Å². The third-order valence-electron chi connectivity index (χ3n) is 2.61. The Bertz CT molecular complexity index is 529. The van der Waals surface area contributed by atoms with Crippen LogP contribution in [0.2, 0.25) is 5.02 Å². The molecule has 0 amide bonds. The molecule has 1 heterocycles. The molecule has 4 heteroatoms. The van der Waals surface area contributed by atoms with E-state index in [0.717, 1.165) is 25.5 Å². The number of hydrogen-bond acceptors (Lipinski definition) is 1. The van der Waals surface area contributed by atoms with Crippen LogP contribution in [0.15, 0.2) is 28.7 Å². The zero-order valence-electron chi connectivity index (χ0n) is 9.43. The first-order chi connectivity index (χ1) is 7.99. The van der Waals surface area contributed by atoms with Crippen molar-refractivity contribution in [3.8, 4) is 0 Å². The molecule has 1 aromatic heterocycles. The van der Waals surface area contributed by atoms with Crippen molar-refractivity contribution in [1.82, 2.24) is 0 Å². The van der Waals surface area contributed by atoms with Gasteiger partial charge in [-0.25, -0.2) is 0 Å². The van der Waals surface area contributed by atoms with Gasteiger partial charge in [0.05, 0.1) is 5.38 Å². The van der Waals surface area contributed by atoms with Crippen molar-refractivity contribution >= 4 is 50.5 Å². The van der Waals surface area contributed by atoms with Gasteiger partial charge in [-0.05, 0) is 53.0 Å². The largest absolute Gasteiger partial charge is 0.143 e. The third kappa shape index (κ3) is 2.87. The molecule has 90 valence electrons. The highest BCUT2D eigenvalue weighted by atomic mass is 79.9. The number of aryl methyl sites for hydroxylation is 2. The van der Waals surface area contributed by atoms with Gasteiger partial charge in [0.1, 0.15) is 0 Å². The Labute approximate surface area is 124 Å². The number of hydrogen-bond donors (Lipinski definition) is 0. The quantitative estimate of drug-likeness (QED) is 0.574. The minimum atomic E-state index is -0.136. The Hall–Kier alpha value is -0.0200. The Morgan fingerprint density at radius 1 is 1.24 bits per heavy atom. The lowest BCUT2D eigenvalue weighted by molar-refractivity contribution is 1.18. The van der Waals surface area contributed by atoms with Crippen LogP contribution in [0.4, 0.5) is 0 Å². The molecule has 0 aliphatic heterocycles. The molecule has 0 saturated heterocycles. The fraction of sp³-hybridized carbons (Fsp3) is 0.231. The number of benzene rings is 1. The Balaban J connectivity index is 2.36. The van der Waals surface area contributed by atoms with Gasteiger partial charge in [-0.15, -0.1) is 22.9 Å². The molecule has 1 atom stereocenters. The second-order valence-electron chi connectivity index (χ2n) is 3.92. The molecule has 1 unspecified atom stereocenters. The molecule has 0 nitrogen and oxygen atoms in total. The molecule has 2 rings (SSSR count). The van der Waals surface area contributed by atoms with Gasteiger partial charge in [0, 0.05) is 19.2 Å². The van der Waals surface area contributed by atoms with Crippen LogP contribution in [0.3, 0.4) is 0 Å². The first kappa shape index (κ1) is 13.4. The van der Waals surface area contributed by atoms with Crippen molar-refractivity contribution in [2.24, 2.45) is 0 Å². The zero-order chi connectivity index (χ0) is 12.6. The van der Waals surface area contributed by atoms with E-state index in [2.05, 4.69) is 28.9 Å². The maximum Gasteiger partial charge on any atom is 0.0928 e. The van der Waals surface area contributed by atoms with Crippen LogP contribution in [-0.2, 0) is 0 Å². The lowest BCUT2D eigenvalue weighted by Crippen LogP contribution is -1.90. The highest BCUT2D eigenvalue weighted by Gasteiger charge is 2.15. The predicted molar refractivity (Wildman–Crippen MR) is 80.6 cm³/mol. The normalized spacial score (nSPS) is 12.8. The van der Waals surface area contributed by atoms with E-state index in [1.54, 1.807) is 11.3 Å². The molecule has 0 bridgehead atoms. The summed E-state index contributed by atoms with van der Waals surface area (Å²) < 4.78 is 1.11. The summed E-state index contributed by atoms with van der Waals surface area (Å²) in [6.07, 6.45) is 0. The molecular formula is C13H11BrCl2S. The van der Waals surface area contributed by atoms with Gasteiger partial charge in [-0.2, -0.15) is 0 Å². The maximum atomic E-state index is 6.47. The summed E-state index contributed by atoms with van der Waals surface area (Å²) in [5.41, 5.74) is 2.11. The molecular weight excluding hydrogens is 339 g/mol. The number of thiophene rings is 1. The highest BCUT2D eigenvalue weighted by molar-refractivity contribution is 9.10. The van der Waals surface area contributed by atoms with Crippen LogP contribution < -0.4 is 0 Å². The van der Waals surface area contributed by atoms with E-state index in [1.807, 2.05) is 25.1 Å². The van der Waals surface area contributed by atoms with Gasteiger partial charge in [0.2, 0.25) is 0 Å². The summed E-state index contributed by atoms with van der Waals surface area (Å²) in [5.74, 6) is 0. The maximum absolute atomic E-state index is 6.47. The van der Waals surface area contributed by atoms with Crippen LogP contribution in [-0.4, -0.2) is 0 Å². The van der Waals surface area contributed by atoms with E-state index in [0.29, 0.717) is 0 Å². The van der Waals surface area contributed by atoms with Crippen molar-refractivity contribution in [3.05, 3.63) is 54.6 Å². The van der Waals surface area contributed by atoms with Crippen molar-refractivity contribution < 1.29 is 0 Å². The summed E-state index contributed by atoms with van der Waals surface area (Å²) in [5, 5.41) is 0.628. The second-order valence-corrected chi connectivity index (χ2v) is 6.91. The Morgan fingerprint density at radius 2 is 1.94 bits per heavy atom. The zero-order valence-corrected chi connectivity index (χ0v) is 13.3. The standard InChI is InChI=1S/C13H11BrCl2S/c1-7-3-4-9(5-11(7)15)13(16)12-6-10(14)8(2)17-12/h3-6,13H,1-2H3. The fourth-order valence-corrected chi connectivity index (χ4v) is 3.63. The molecule has 0 N–H and O–H groups in total. The van der Waals surface area contributed by atoms with Crippen molar-refractivity contribution in [1.29, 1.82) is 0 Å². The van der Waals surface area contributed by atoms with Gasteiger partial charge in [-0.1, -0.05) is 23.7 Å². The van der Waals surface area contributed by atoms with Crippen LogP contribution in [0.25, 0.3) is 0 Å². The van der Waals surface area contributed by atoms with Gasteiger partial charge in [-0.3, -0.25) is 0 Å². The van der Waals surface area contributed by atoms with Crippen molar-refractivity contribution in [3.63, 3.8) is 0 Å². The molecule has 0 aliphatic carbocycles. The highest BCUT2D eigenvalue weighted by Crippen LogP contribution is 2.38. The van der Waals surface area contributed by atoms with Gasteiger partial charge in [0.15, 0.2) is 0 Å². The third-order valence-corrected chi connectivity index (χ3v) is 5.84. The van der Waals surface area contributed by atoms with Crippen molar-refractivity contribution in [2.75, 3.05) is 0 Å². The van der Waals surface area contributed by atoms with E-state index < -0.39 is 0 Å². The molecule has 2 aromatic rings. The lowest BCUT2D eigenvalue weighted by atomic mass is 10.1. The number of halogens is 3. The summed E-state index contributed by atoms with van der Waals surface area (Å²) in [6.45, 7) is 4.06.